The van der Waals surface area contributed by atoms with E-state index < -0.39 is 31.7 Å². The molecule has 146 valence electrons. The Morgan fingerprint density at radius 1 is 1.08 bits per heavy atom. The van der Waals surface area contributed by atoms with Crippen LogP contribution in [0.5, 0.6) is 0 Å². The van der Waals surface area contributed by atoms with Gasteiger partial charge in [0.05, 0.1) is 34.9 Å². The predicted octanol–water partition coefficient (Wildman–Crippen LogP) is 6.04. The molecule has 0 saturated heterocycles. The van der Waals surface area contributed by atoms with E-state index in [1.165, 1.54) is 7.11 Å². The molecule has 25 heavy (non-hydrogen) atoms. The average molecular weight is 439 g/mol. The minimum atomic E-state index is -1.81. The molecule has 3 atom stereocenters. The fourth-order valence-electron chi connectivity index (χ4n) is 4.51. The highest BCUT2D eigenvalue weighted by Gasteiger charge is 2.66. The lowest BCUT2D eigenvalue weighted by Gasteiger charge is -2.60. The Morgan fingerprint density at radius 3 is 1.84 bits per heavy atom. The van der Waals surface area contributed by atoms with E-state index in [4.69, 9.17) is 20.4 Å². The van der Waals surface area contributed by atoms with Crippen molar-refractivity contribution in [2.24, 2.45) is 5.92 Å². The lowest BCUT2D eigenvalue weighted by Crippen LogP contribution is -2.71. The van der Waals surface area contributed by atoms with Crippen molar-refractivity contribution in [3.8, 4) is 0 Å². The number of carbonyl (C=O) groups is 1. The first kappa shape index (κ1) is 23.4. The van der Waals surface area contributed by atoms with Gasteiger partial charge in [0.25, 0.3) is 0 Å². The van der Waals surface area contributed by atoms with Crippen LogP contribution in [0.3, 0.4) is 0 Å². The van der Waals surface area contributed by atoms with Gasteiger partial charge in [0, 0.05) is 17.3 Å². The van der Waals surface area contributed by atoms with E-state index >= 15 is 0 Å². The van der Waals surface area contributed by atoms with Crippen molar-refractivity contribution in [2.75, 3.05) is 7.11 Å². The third-order valence-electron chi connectivity index (χ3n) is 5.04. The second-order valence-corrected chi connectivity index (χ2v) is 29.6. The molecule has 1 aliphatic heterocycles. The summed E-state index contributed by atoms with van der Waals surface area (Å²) in [5, 5.41) is 0. The third-order valence-corrected chi connectivity index (χ3v) is 25.5. The van der Waals surface area contributed by atoms with Gasteiger partial charge in [-0.15, -0.1) is 0 Å². The molecule has 0 N–H and O–H groups in total. The Bertz CT molecular complexity index is 533. The van der Waals surface area contributed by atoms with Crippen LogP contribution < -0.4 is 0 Å². The van der Waals surface area contributed by atoms with E-state index in [2.05, 4.69) is 71.9 Å². The van der Waals surface area contributed by atoms with Crippen LogP contribution in [-0.2, 0) is 14.0 Å². The molecule has 0 aromatic carbocycles. The van der Waals surface area contributed by atoms with E-state index in [0.29, 0.717) is 0 Å². The fourth-order valence-corrected chi connectivity index (χ4v) is 29.7. The first-order valence-electron chi connectivity index (χ1n) is 8.94. The van der Waals surface area contributed by atoms with Gasteiger partial charge >= 0.3 is 5.97 Å². The van der Waals surface area contributed by atoms with Crippen LogP contribution in [0.1, 0.15) is 6.92 Å². The van der Waals surface area contributed by atoms with Gasteiger partial charge in [0.15, 0.2) is 0 Å². The molecule has 0 aliphatic carbocycles. The zero-order chi connectivity index (χ0) is 20.0. The Labute approximate surface area is 163 Å². The van der Waals surface area contributed by atoms with E-state index in [1.54, 1.807) is 0 Å². The van der Waals surface area contributed by atoms with Crippen LogP contribution in [0.15, 0.2) is 11.8 Å². The van der Waals surface area contributed by atoms with E-state index in [1.807, 2.05) is 0 Å². The first-order valence-corrected chi connectivity index (χ1v) is 21.7. The van der Waals surface area contributed by atoms with Gasteiger partial charge < -0.3 is 9.16 Å². The van der Waals surface area contributed by atoms with E-state index in [0.717, 1.165) is 5.76 Å². The van der Waals surface area contributed by atoms with E-state index in [9.17, 15) is 4.79 Å². The second-order valence-electron chi connectivity index (χ2n) is 10.0. The maximum Gasteiger partial charge on any atom is 0.313 e. The molecule has 0 radical (unpaired) electrons. The highest BCUT2D eigenvalue weighted by Crippen LogP contribution is 2.71. The van der Waals surface area contributed by atoms with Crippen LogP contribution in [0.25, 0.3) is 0 Å². The van der Waals surface area contributed by atoms with Gasteiger partial charge in [-0.3, -0.25) is 4.79 Å². The van der Waals surface area contributed by atoms with Crippen molar-refractivity contribution < 1.29 is 14.0 Å². The summed E-state index contributed by atoms with van der Waals surface area (Å²) in [5.74, 6) is 0.478. The minimum absolute atomic E-state index is 0.129. The molecule has 1 heterocycles. The Balaban J connectivity index is 3.74. The summed E-state index contributed by atoms with van der Waals surface area (Å²) in [4.78, 5) is 12.9. The minimum Gasteiger partial charge on any atom is -0.547 e. The summed E-state index contributed by atoms with van der Waals surface area (Å²) in [7, 11) is -4.83. The van der Waals surface area contributed by atoms with Gasteiger partial charge in [0.1, 0.15) is 0 Å². The van der Waals surface area contributed by atoms with Crippen molar-refractivity contribution in [3.05, 3.63) is 11.8 Å². The summed E-state index contributed by atoms with van der Waals surface area (Å²) in [5.41, 5.74) is 0.169. The third kappa shape index (κ3) is 4.29. The molecular formula is C17H36ClO3PSi3. The number of hydrogen-bond acceptors (Lipinski definition) is 3. The van der Waals surface area contributed by atoms with Crippen LogP contribution >= 0.6 is 18.5 Å². The molecule has 0 amide bonds. The molecule has 3 nitrogen and oxygen atoms in total. The van der Waals surface area contributed by atoms with Crippen LogP contribution in [-0.4, -0.2) is 47.6 Å². The molecule has 0 aromatic heterocycles. The lowest BCUT2D eigenvalue weighted by molar-refractivity contribution is -0.143. The zero-order valence-corrected chi connectivity index (χ0v) is 22.4. The van der Waals surface area contributed by atoms with Crippen molar-refractivity contribution in [1.29, 1.82) is 0 Å². The van der Waals surface area contributed by atoms with Crippen LogP contribution in [0.4, 0.5) is 0 Å². The lowest BCUT2D eigenvalue weighted by atomic mass is 10.1. The Kier molecular flexibility index (Phi) is 6.95. The molecule has 0 saturated carbocycles. The highest BCUT2D eigenvalue weighted by atomic mass is 35.7. The molecule has 0 aromatic rings. The van der Waals surface area contributed by atoms with Gasteiger partial charge in [-0.25, -0.2) is 0 Å². The monoisotopic (exact) mass is 438 g/mol. The Hall–Kier alpha value is 0.381. The van der Waals surface area contributed by atoms with E-state index in [-0.39, 0.29) is 21.9 Å². The largest absolute Gasteiger partial charge is 0.547 e. The zero-order valence-electron chi connectivity index (χ0n) is 17.8. The number of carbonyl (C=O) groups excluding carboxylic acids is 1. The number of esters is 1. The van der Waals surface area contributed by atoms with Gasteiger partial charge in [-0.1, -0.05) is 57.4 Å². The van der Waals surface area contributed by atoms with Gasteiger partial charge in [-0.05, 0) is 25.7 Å². The van der Waals surface area contributed by atoms with Crippen molar-refractivity contribution in [1.82, 2.24) is 0 Å². The smallest absolute Gasteiger partial charge is 0.313 e. The number of halogens is 1. The molecule has 1 rings (SSSR count). The number of ether oxygens (including phenoxy) is 1. The number of rotatable bonds is 5. The quantitative estimate of drug-likeness (QED) is 0.298. The molecule has 1 aliphatic rings. The Morgan fingerprint density at radius 2 is 1.52 bits per heavy atom. The van der Waals surface area contributed by atoms with Crippen molar-refractivity contribution in [3.63, 3.8) is 0 Å². The molecular weight excluding hydrogens is 403 g/mol. The highest BCUT2D eigenvalue weighted by molar-refractivity contribution is 7.90. The standard InChI is InChI=1S/C17H36ClO3PSi3/c1-13-15(21-25(9,10)11)12-14(16(19)20-2)17(22(13)18,23(3,4)5)24(6,7)8/h12-14H,1-11H3/t13-,14-,22+/m1/s1. The average Bonchev–Trinajstić information content (AvgIpc) is 2.38. The summed E-state index contributed by atoms with van der Waals surface area (Å²) in [6.07, 6.45) is 2.09. The van der Waals surface area contributed by atoms with Crippen molar-refractivity contribution in [2.45, 2.75) is 75.9 Å². The summed E-state index contributed by atoms with van der Waals surface area (Å²) >= 11 is 7.30. The molecule has 0 bridgehead atoms. The number of methoxy groups -OCH3 is 1. The second kappa shape index (κ2) is 7.42. The predicted molar refractivity (Wildman–Crippen MR) is 120 cm³/mol. The van der Waals surface area contributed by atoms with Crippen LogP contribution in [0, 0.1) is 5.92 Å². The first-order chi connectivity index (χ1) is 11.0. The fraction of sp³-hybridized carbons (Fsp3) is 0.824. The maximum absolute atomic E-state index is 12.9. The molecule has 8 heteroatoms. The van der Waals surface area contributed by atoms with Gasteiger partial charge in [-0.2, -0.15) is 0 Å². The topological polar surface area (TPSA) is 35.5 Å². The van der Waals surface area contributed by atoms with Crippen LogP contribution in [0.2, 0.25) is 58.9 Å². The summed E-state index contributed by atoms with van der Waals surface area (Å²) in [6, 6.07) is 0. The van der Waals surface area contributed by atoms with Gasteiger partial charge in [0.2, 0.25) is 8.32 Å². The summed E-state index contributed by atoms with van der Waals surface area (Å²) < 4.78 is 11.5. The maximum atomic E-state index is 12.9. The normalized spacial score (nSPS) is 27.5. The number of hydrogen-bond donors (Lipinski definition) is 0. The molecule has 0 fully saturated rings. The number of allylic oxidation sites excluding steroid dienone is 1. The van der Waals surface area contributed by atoms with Crippen molar-refractivity contribution >= 4 is 48.9 Å². The SMILES string of the molecule is COC(=O)[C@H]1C=C(O[Si](C)(C)C)[C@@H](C)[P@](Cl)C1([Si](C)(C)C)[Si](C)(C)C. The summed E-state index contributed by atoms with van der Waals surface area (Å²) in [6.45, 7) is 22.9. The molecule has 0 unspecified atom stereocenters. The molecule has 0 spiro atoms.